The summed E-state index contributed by atoms with van der Waals surface area (Å²) in [5, 5.41) is 2.18. The third-order valence-electron chi connectivity index (χ3n) is 4.57. The summed E-state index contributed by atoms with van der Waals surface area (Å²) in [7, 11) is 0. The summed E-state index contributed by atoms with van der Waals surface area (Å²) in [4.78, 5) is 15.2. The molecule has 11 heteroatoms. The number of nitrogens with zero attached hydrogens (tertiary/aromatic N) is 1. The van der Waals surface area contributed by atoms with Crippen LogP contribution in [0.4, 0.5) is 17.6 Å². The van der Waals surface area contributed by atoms with Gasteiger partial charge in [-0.25, -0.2) is 9.37 Å². The molecule has 4 N–H and O–H groups in total. The molecule has 0 radical (unpaired) electrons. The second-order valence-corrected chi connectivity index (χ2v) is 6.60. The van der Waals surface area contributed by atoms with E-state index in [0.29, 0.717) is 30.0 Å². The number of halogens is 4. The van der Waals surface area contributed by atoms with Crippen molar-refractivity contribution in [2.24, 2.45) is 0 Å². The fourth-order valence-corrected chi connectivity index (χ4v) is 3.14. The van der Waals surface area contributed by atoms with Gasteiger partial charge in [0.15, 0.2) is 5.76 Å². The van der Waals surface area contributed by atoms with E-state index in [9.17, 15) is 22.4 Å². The van der Waals surface area contributed by atoms with Crippen LogP contribution in [0, 0.1) is 5.82 Å². The first-order chi connectivity index (χ1) is 13.8. The monoisotopic (exact) mass is 427 g/mol. The number of hydrogen-bond acceptors (Lipinski definition) is 6. The highest BCUT2D eigenvalue weighted by atomic mass is 19.4. The van der Waals surface area contributed by atoms with Gasteiger partial charge < -0.3 is 20.1 Å². The van der Waals surface area contributed by atoms with E-state index in [1.807, 2.05) is 0 Å². The molecule has 2 aromatic heterocycles. The maximum atomic E-state index is 14.0. The van der Waals surface area contributed by atoms with E-state index in [1.54, 1.807) is 12.1 Å². The van der Waals surface area contributed by atoms with Gasteiger partial charge in [-0.05, 0) is 48.6 Å². The van der Waals surface area contributed by atoms with Crippen molar-refractivity contribution >= 4 is 0 Å². The number of nitrogens with one attached hydrogen (secondary N) is 1. The molecular weight excluding hydrogens is 410 g/mol. The number of alkyl halides is 3. The van der Waals surface area contributed by atoms with E-state index >= 15 is 0 Å². The van der Waals surface area contributed by atoms with Gasteiger partial charge in [-0.3, -0.25) is 4.79 Å². The lowest BCUT2D eigenvalue weighted by Crippen LogP contribution is -2.33. The Morgan fingerprint density at radius 3 is 2.50 bits per heavy atom. The molecule has 4 rings (SSSR count). The first kappa shape index (κ1) is 21.4. The van der Waals surface area contributed by atoms with Gasteiger partial charge in [-0.15, -0.1) is 13.2 Å². The van der Waals surface area contributed by atoms with E-state index in [0.717, 1.165) is 18.2 Å². The molecule has 0 aliphatic heterocycles. The van der Waals surface area contributed by atoms with Crippen LogP contribution in [-0.4, -0.2) is 22.6 Å². The van der Waals surface area contributed by atoms with Crippen molar-refractivity contribution in [1.29, 1.82) is 0 Å². The highest BCUT2D eigenvalue weighted by Gasteiger charge is 2.36. The van der Waals surface area contributed by atoms with Gasteiger partial charge in [0, 0.05) is 17.8 Å². The van der Waals surface area contributed by atoms with Crippen molar-refractivity contribution in [2.45, 2.75) is 31.2 Å². The molecular formula is C19H17F4N3O4. The number of hydrogen-bond donors (Lipinski definition) is 2. The second-order valence-electron chi connectivity index (χ2n) is 6.60. The Bertz CT molecular complexity index is 1060. The molecule has 2 heterocycles. The highest BCUT2D eigenvalue weighted by molar-refractivity contribution is 5.55. The average Bonchev–Trinajstić information content (AvgIpc) is 3.05. The third-order valence-corrected chi connectivity index (χ3v) is 4.57. The first-order valence-electron chi connectivity index (χ1n) is 8.63. The summed E-state index contributed by atoms with van der Waals surface area (Å²) in [6.07, 6.45) is -2.73. The van der Waals surface area contributed by atoms with E-state index in [-0.39, 0.29) is 29.3 Å². The predicted molar refractivity (Wildman–Crippen MR) is 97.1 cm³/mol. The minimum absolute atomic E-state index is 0. The van der Waals surface area contributed by atoms with Crippen LogP contribution in [0.3, 0.4) is 0 Å². The van der Waals surface area contributed by atoms with Crippen LogP contribution in [0.25, 0.3) is 11.3 Å². The van der Waals surface area contributed by atoms with Crippen LogP contribution in [0.5, 0.6) is 11.6 Å². The SMILES string of the molecule is N.O=c1cc(-c2ccc(OC3CC(c4cc(OC(F)(F)F)ccc4F)C3)nc2)o[nH]1. The van der Waals surface area contributed by atoms with E-state index < -0.39 is 17.9 Å². The third kappa shape index (κ3) is 4.79. The molecule has 0 saturated heterocycles. The zero-order valence-electron chi connectivity index (χ0n) is 15.4. The molecule has 1 aliphatic rings. The number of aromatic nitrogens is 2. The maximum absolute atomic E-state index is 14.0. The first-order valence-corrected chi connectivity index (χ1v) is 8.63. The summed E-state index contributed by atoms with van der Waals surface area (Å²) in [5.74, 6) is -0.630. The van der Waals surface area contributed by atoms with E-state index in [2.05, 4.69) is 14.9 Å². The van der Waals surface area contributed by atoms with Gasteiger partial charge in [0.2, 0.25) is 5.88 Å². The molecule has 3 aromatic rings. The molecule has 0 unspecified atom stereocenters. The molecule has 0 bridgehead atoms. The number of aromatic amines is 1. The Balaban J connectivity index is 0.00000256. The topological polar surface area (TPSA) is 112 Å². The van der Waals surface area contributed by atoms with Gasteiger partial charge in [0.25, 0.3) is 5.56 Å². The van der Waals surface area contributed by atoms with Gasteiger partial charge >= 0.3 is 6.36 Å². The Kier molecular flexibility index (Phi) is 5.83. The minimum Gasteiger partial charge on any atom is -0.474 e. The second kappa shape index (κ2) is 8.19. The van der Waals surface area contributed by atoms with Crippen LogP contribution in [0.1, 0.15) is 24.3 Å². The van der Waals surface area contributed by atoms with Crippen LogP contribution in [0.15, 0.2) is 51.9 Å². The highest BCUT2D eigenvalue weighted by Crippen LogP contribution is 2.41. The van der Waals surface area contributed by atoms with Gasteiger partial charge in [-0.1, -0.05) is 0 Å². The maximum Gasteiger partial charge on any atom is 0.573 e. The summed E-state index contributed by atoms with van der Waals surface area (Å²) in [6, 6.07) is 7.54. The fourth-order valence-electron chi connectivity index (χ4n) is 3.14. The molecule has 0 spiro atoms. The van der Waals surface area contributed by atoms with Crippen molar-refractivity contribution in [3.8, 4) is 23.0 Å². The smallest absolute Gasteiger partial charge is 0.474 e. The molecule has 7 nitrogen and oxygen atoms in total. The Hall–Kier alpha value is -3.34. The van der Waals surface area contributed by atoms with Gasteiger partial charge in [0.1, 0.15) is 17.7 Å². The standard InChI is InChI=1S/C19H14F4N2O4.H3N/c20-15-3-2-12(28-19(21,22)23)7-14(15)11-5-13(6-11)27-18-4-1-10(9-24-18)16-8-17(26)25-29-16;/h1-4,7-9,11,13H,5-6H2,(H,25,26);1H3. The average molecular weight is 427 g/mol. The van der Waals surface area contributed by atoms with Crippen molar-refractivity contribution in [3.05, 3.63) is 64.3 Å². The summed E-state index contributed by atoms with van der Waals surface area (Å²) >= 11 is 0. The molecule has 1 saturated carbocycles. The van der Waals surface area contributed by atoms with Crippen molar-refractivity contribution in [2.75, 3.05) is 0 Å². The van der Waals surface area contributed by atoms with Crippen molar-refractivity contribution < 1.29 is 31.6 Å². The van der Waals surface area contributed by atoms with E-state index in [1.165, 1.54) is 12.3 Å². The number of ether oxygens (including phenoxy) is 2. The van der Waals surface area contributed by atoms with Gasteiger partial charge in [0.05, 0.1) is 6.07 Å². The molecule has 1 aromatic carbocycles. The minimum atomic E-state index is -4.83. The summed E-state index contributed by atoms with van der Waals surface area (Å²) in [6.45, 7) is 0. The largest absolute Gasteiger partial charge is 0.573 e. The number of pyridine rings is 1. The summed E-state index contributed by atoms with van der Waals surface area (Å²) in [5.41, 5.74) is 0.390. The zero-order chi connectivity index (χ0) is 20.6. The lowest BCUT2D eigenvalue weighted by atomic mass is 9.77. The van der Waals surface area contributed by atoms with Crippen LogP contribution in [-0.2, 0) is 0 Å². The normalized spacial score (nSPS) is 18.3. The molecule has 0 atom stereocenters. The van der Waals surface area contributed by atoms with Crippen LogP contribution in [0.2, 0.25) is 0 Å². The lowest BCUT2D eigenvalue weighted by molar-refractivity contribution is -0.274. The number of rotatable bonds is 5. The van der Waals surface area contributed by atoms with Gasteiger partial charge in [-0.2, -0.15) is 5.16 Å². The molecule has 0 amide bonds. The van der Waals surface area contributed by atoms with E-state index in [4.69, 9.17) is 9.26 Å². The van der Waals surface area contributed by atoms with Crippen LogP contribution >= 0.6 is 0 Å². The molecule has 1 aliphatic carbocycles. The number of H-pyrrole nitrogens is 1. The Morgan fingerprint density at radius 1 is 1.13 bits per heavy atom. The number of benzene rings is 1. The zero-order valence-corrected chi connectivity index (χ0v) is 15.4. The molecule has 1 fully saturated rings. The lowest BCUT2D eigenvalue weighted by Gasteiger charge is -2.35. The van der Waals surface area contributed by atoms with Crippen molar-refractivity contribution in [1.82, 2.24) is 16.3 Å². The quantitative estimate of drug-likeness (QED) is 0.578. The fraction of sp³-hybridized carbons (Fsp3) is 0.263. The Labute approximate surface area is 167 Å². The molecule has 160 valence electrons. The van der Waals surface area contributed by atoms with Crippen molar-refractivity contribution in [3.63, 3.8) is 0 Å². The summed E-state index contributed by atoms with van der Waals surface area (Å²) < 4.78 is 65.6. The van der Waals surface area contributed by atoms with Crippen LogP contribution < -0.4 is 21.2 Å². The Morgan fingerprint density at radius 2 is 1.90 bits per heavy atom. The predicted octanol–water partition coefficient (Wildman–Crippen LogP) is 4.55. The molecule has 30 heavy (non-hydrogen) atoms.